The lowest BCUT2D eigenvalue weighted by Gasteiger charge is -2.14. The molecule has 0 radical (unpaired) electrons. The van der Waals surface area contributed by atoms with Gasteiger partial charge in [0.1, 0.15) is 18.5 Å². The molecular formula is C27H30ClN3O4. The Morgan fingerprint density at radius 3 is 2.43 bits per heavy atom. The van der Waals surface area contributed by atoms with Crippen molar-refractivity contribution in [3.05, 3.63) is 75.7 Å². The van der Waals surface area contributed by atoms with Gasteiger partial charge in [0.15, 0.2) is 0 Å². The van der Waals surface area contributed by atoms with Crippen molar-refractivity contribution in [2.75, 3.05) is 13.2 Å². The van der Waals surface area contributed by atoms with Crippen molar-refractivity contribution >= 4 is 28.5 Å². The van der Waals surface area contributed by atoms with E-state index >= 15 is 0 Å². The van der Waals surface area contributed by atoms with E-state index in [1.165, 1.54) is 0 Å². The number of aromatic nitrogens is 3. The van der Waals surface area contributed by atoms with Crippen LogP contribution in [0.5, 0.6) is 5.75 Å². The lowest BCUT2D eigenvalue weighted by molar-refractivity contribution is 0.0527. The molecule has 0 spiro atoms. The van der Waals surface area contributed by atoms with E-state index < -0.39 is 6.10 Å². The molecule has 4 rings (SSSR count). The van der Waals surface area contributed by atoms with Crippen LogP contribution in [0, 0.1) is 27.7 Å². The third-order valence-corrected chi connectivity index (χ3v) is 6.61. The lowest BCUT2D eigenvalue weighted by Crippen LogP contribution is -2.24. The fourth-order valence-corrected chi connectivity index (χ4v) is 4.41. The average Bonchev–Trinajstić information content (AvgIpc) is 3.25. The Bertz CT molecular complexity index is 1370. The zero-order valence-corrected chi connectivity index (χ0v) is 21.4. The predicted octanol–water partition coefficient (Wildman–Crippen LogP) is 5.33. The van der Waals surface area contributed by atoms with E-state index in [0.29, 0.717) is 16.3 Å². The van der Waals surface area contributed by atoms with Gasteiger partial charge in [-0.25, -0.2) is 4.79 Å². The number of aliphatic hydroxyl groups excluding tert-OH is 1. The summed E-state index contributed by atoms with van der Waals surface area (Å²) in [5.41, 5.74) is 5.82. The maximum Gasteiger partial charge on any atom is 0.340 e. The monoisotopic (exact) mass is 495 g/mol. The summed E-state index contributed by atoms with van der Waals surface area (Å²) in [6, 6.07) is 13.7. The normalized spacial score (nSPS) is 12.2. The first kappa shape index (κ1) is 24.8. The van der Waals surface area contributed by atoms with Gasteiger partial charge in [0.05, 0.1) is 40.6 Å². The Morgan fingerprint density at radius 1 is 1.09 bits per heavy atom. The first-order valence-electron chi connectivity index (χ1n) is 11.6. The molecule has 0 saturated heterocycles. The van der Waals surface area contributed by atoms with E-state index in [9.17, 15) is 9.90 Å². The SMILES string of the molecule is CCOC(=O)c1c(C)n(-c2ccc(C)cc2)c2ccc(OC[C@H](O)Cn3nc(C)c(Cl)c3C)cc12. The Hall–Kier alpha value is -3.29. The summed E-state index contributed by atoms with van der Waals surface area (Å²) in [5.74, 6) is 0.175. The van der Waals surface area contributed by atoms with Crippen LogP contribution in [-0.2, 0) is 11.3 Å². The van der Waals surface area contributed by atoms with Crippen molar-refractivity contribution in [3.63, 3.8) is 0 Å². The summed E-state index contributed by atoms with van der Waals surface area (Å²) >= 11 is 6.20. The molecule has 2 aromatic carbocycles. The second-order valence-corrected chi connectivity index (χ2v) is 9.04. The minimum absolute atomic E-state index is 0.0634. The minimum Gasteiger partial charge on any atom is -0.491 e. The number of fused-ring (bicyclic) bond motifs is 1. The second-order valence-electron chi connectivity index (χ2n) is 8.66. The predicted molar refractivity (Wildman–Crippen MR) is 137 cm³/mol. The van der Waals surface area contributed by atoms with Crippen LogP contribution in [0.15, 0.2) is 42.5 Å². The van der Waals surface area contributed by atoms with Gasteiger partial charge >= 0.3 is 5.97 Å². The lowest BCUT2D eigenvalue weighted by atomic mass is 10.1. The topological polar surface area (TPSA) is 78.5 Å². The van der Waals surface area contributed by atoms with Gasteiger partial charge in [-0.1, -0.05) is 29.3 Å². The van der Waals surface area contributed by atoms with Gasteiger partial charge in [-0.05, 0) is 65.0 Å². The second kappa shape index (κ2) is 10.1. The summed E-state index contributed by atoms with van der Waals surface area (Å²) in [5, 5.41) is 16.2. The number of carbonyl (C=O) groups excluding carboxylic acids is 1. The average molecular weight is 496 g/mol. The van der Waals surface area contributed by atoms with Crippen LogP contribution in [0.2, 0.25) is 5.02 Å². The molecular weight excluding hydrogens is 466 g/mol. The van der Waals surface area contributed by atoms with Crippen LogP contribution in [0.25, 0.3) is 16.6 Å². The summed E-state index contributed by atoms with van der Waals surface area (Å²) in [6.07, 6.45) is -0.789. The van der Waals surface area contributed by atoms with Crippen LogP contribution >= 0.6 is 11.6 Å². The first-order chi connectivity index (χ1) is 16.7. The van der Waals surface area contributed by atoms with Crippen molar-refractivity contribution in [2.45, 2.75) is 47.3 Å². The molecule has 0 aliphatic carbocycles. The van der Waals surface area contributed by atoms with Gasteiger partial charge in [-0.2, -0.15) is 5.10 Å². The molecule has 35 heavy (non-hydrogen) atoms. The number of aryl methyl sites for hydroxylation is 2. The number of esters is 1. The zero-order valence-electron chi connectivity index (χ0n) is 20.6. The van der Waals surface area contributed by atoms with E-state index in [1.807, 2.05) is 74.7 Å². The number of ether oxygens (including phenoxy) is 2. The molecule has 0 fully saturated rings. The Balaban J connectivity index is 1.64. The summed E-state index contributed by atoms with van der Waals surface area (Å²) < 4.78 is 15.0. The highest BCUT2D eigenvalue weighted by molar-refractivity contribution is 6.31. The van der Waals surface area contributed by atoms with Crippen molar-refractivity contribution in [3.8, 4) is 11.4 Å². The van der Waals surface area contributed by atoms with Gasteiger partial charge in [-0.15, -0.1) is 0 Å². The molecule has 8 heteroatoms. The maximum atomic E-state index is 12.9. The Kier molecular flexibility index (Phi) is 7.19. The first-order valence-corrected chi connectivity index (χ1v) is 12.0. The molecule has 0 bridgehead atoms. The number of nitrogens with zero attached hydrogens (tertiary/aromatic N) is 3. The fraction of sp³-hybridized carbons (Fsp3) is 0.333. The van der Waals surface area contributed by atoms with Crippen molar-refractivity contribution in [1.29, 1.82) is 0 Å². The van der Waals surface area contributed by atoms with Gasteiger partial charge in [0.2, 0.25) is 0 Å². The molecule has 2 aromatic heterocycles. The zero-order chi connectivity index (χ0) is 25.3. The molecule has 0 saturated carbocycles. The quantitative estimate of drug-likeness (QED) is 0.334. The van der Waals surface area contributed by atoms with Crippen LogP contribution in [-0.4, -0.2) is 44.7 Å². The number of benzene rings is 2. The fourth-order valence-electron chi connectivity index (χ4n) is 4.27. The van der Waals surface area contributed by atoms with Crippen molar-refractivity contribution < 1.29 is 19.4 Å². The van der Waals surface area contributed by atoms with Crippen molar-refractivity contribution in [1.82, 2.24) is 14.3 Å². The molecule has 0 amide bonds. The highest BCUT2D eigenvalue weighted by Gasteiger charge is 2.23. The van der Waals surface area contributed by atoms with Gasteiger partial charge < -0.3 is 19.1 Å². The van der Waals surface area contributed by atoms with Gasteiger partial charge in [-0.3, -0.25) is 4.68 Å². The van der Waals surface area contributed by atoms with Crippen LogP contribution in [0.3, 0.4) is 0 Å². The van der Waals surface area contributed by atoms with Gasteiger partial charge in [0.25, 0.3) is 0 Å². The van der Waals surface area contributed by atoms with Crippen LogP contribution < -0.4 is 4.74 Å². The number of rotatable bonds is 8. The Labute approximate surface area is 209 Å². The van der Waals surface area contributed by atoms with Crippen LogP contribution in [0.4, 0.5) is 0 Å². The highest BCUT2D eigenvalue weighted by Crippen LogP contribution is 2.33. The molecule has 1 N–H and O–H groups in total. The Morgan fingerprint density at radius 2 is 1.80 bits per heavy atom. The molecule has 7 nitrogen and oxygen atoms in total. The smallest absolute Gasteiger partial charge is 0.340 e. The summed E-state index contributed by atoms with van der Waals surface area (Å²) in [6.45, 7) is 10.0. The number of carbonyl (C=O) groups is 1. The molecule has 1 atom stereocenters. The number of hydrogen-bond acceptors (Lipinski definition) is 5. The molecule has 4 aromatic rings. The van der Waals surface area contributed by atoms with Crippen molar-refractivity contribution in [2.24, 2.45) is 0 Å². The van der Waals surface area contributed by atoms with E-state index in [2.05, 4.69) is 5.10 Å². The highest BCUT2D eigenvalue weighted by atomic mass is 35.5. The van der Waals surface area contributed by atoms with Gasteiger partial charge in [0, 0.05) is 16.8 Å². The third kappa shape index (κ3) is 4.92. The number of halogens is 1. The van der Waals surface area contributed by atoms with Crippen LogP contribution in [0.1, 0.15) is 39.9 Å². The minimum atomic E-state index is -0.789. The number of hydrogen-bond donors (Lipinski definition) is 1. The molecule has 2 heterocycles. The van der Waals surface area contributed by atoms with E-state index in [1.54, 1.807) is 11.6 Å². The molecule has 0 aliphatic heterocycles. The maximum absolute atomic E-state index is 12.9. The van der Waals surface area contributed by atoms with E-state index in [4.69, 9.17) is 21.1 Å². The largest absolute Gasteiger partial charge is 0.491 e. The summed E-state index contributed by atoms with van der Waals surface area (Å²) in [7, 11) is 0. The summed E-state index contributed by atoms with van der Waals surface area (Å²) in [4.78, 5) is 12.9. The third-order valence-electron chi connectivity index (χ3n) is 6.07. The molecule has 184 valence electrons. The van der Waals surface area contributed by atoms with E-state index in [0.717, 1.165) is 39.2 Å². The van der Waals surface area contributed by atoms with E-state index in [-0.39, 0.29) is 25.7 Å². The molecule has 0 unspecified atom stereocenters. The molecule has 0 aliphatic rings. The number of aliphatic hydroxyl groups is 1. The standard InChI is InChI=1S/C27H30ClN3O4/c1-6-34-27(33)25-18(4)31(20-9-7-16(2)8-10-20)24-12-11-22(13-23(24)25)35-15-21(32)14-30-19(5)26(28)17(3)29-30/h7-13,21,32H,6,14-15H2,1-5H3/t21-/m1/s1.